The molecule has 0 aromatic carbocycles. The average molecular weight is 419 g/mol. The van der Waals surface area contributed by atoms with Crippen LogP contribution in [-0.2, 0) is 6.42 Å². The van der Waals surface area contributed by atoms with E-state index in [0.717, 1.165) is 17.1 Å². The van der Waals surface area contributed by atoms with Gasteiger partial charge >= 0.3 is 0 Å². The first-order valence-corrected chi connectivity index (χ1v) is 9.58. The number of nitrogens with two attached hydrogens (primary N) is 1. The molecule has 0 unspecified atom stereocenters. The van der Waals surface area contributed by atoms with E-state index in [1.54, 1.807) is 13.3 Å². The number of hydrogen-bond donors (Lipinski definition) is 2. The van der Waals surface area contributed by atoms with E-state index >= 15 is 0 Å². The molecule has 0 radical (unpaired) electrons. The van der Waals surface area contributed by atoms with Gasteiger partial charge in [-0.25, -0.2) is 4.98 Å². The van der Waals surface area contributed by atoms with Crippen molar-refractivity contribution >= 4 is 17.3 Å². The minimum atomic E-state index is -0.609. The topological polar surface area (TPSA) is 144 Å². The molecule has 4 rings (SSSR count). The van der Waals surface area contributed by atoms with Crippen LogP contribution in [0.3, 0.4) is 0 Å². The van der Waals surface area contributed by atoms with Crippen molar-refractivity contribution in [3.05, 3.63) is 45.5 Å². The number of hydrogen-bond acceptors (Lipinski definition) is 10. The first kappa shape index (κ1) is 20.8. The lowest BCUT2D eigenvalue weighted by Crippen LogP contribution is -2.10. The Bertz CT molecular complexity index is 983. The summed E-state index contributed by atoms with van der Waals surface area (Å²) in [5.74, 6) is 0.493. The Morgan fingerprint density at radius 2 is 2.10 bits per heavy atom. The molecule has 3 aromatic rings. The Morgan fingerprint density at radius 3 is 2.76 bits per heavy atom. The molecule has 9 nitrogen and oxygen atoms in total. The molecule has 154 valence electrons. The van der Waals surface area contributed by atoms with Crippen LogP contribution in [-0.4, -0.2) is 38.9 Å². The molecule has 0 aliphatic heterocycles. The molecule has 1 aliphatic carbocycles. The fourth-order valence-corrected chi connectivity index (χ4v) is 3.68. The highest BCUT2D eigenvalue weighted by Gasteiger charge is 2.40. The Kier molecular flexibility index (Phi) is 6.18. The number of anilines is 1. The van der Waals surface area contributed by atoms with Crippen molar-refractivity contribution in [3.63, 3.8) is 0 Å². The summed E-state index contributed by atoms with van der Waals surface area (Å²) in [5, 5.41) is 9.39. The van der Waals surface area contributed by atoms with Gasteiger partial charge in [0.25, 0.3) is 5.88 Å². The van der Waals surface area contributed by atoms with E-state index in [1.807, 2.05) is 19.1 Å². The minimum Gasteiger partial charge on any atom is -0.495 e. The first-order chi connectivity index (χ1) is 13.5. The molecule has 11 heteroatoms. The third-order valence-corrected chi connectivity index (χ3v) is 5.36. The highest BCUT2D eigenvalue weighted by molar-refractivity contribution is 7.11. The smallest absolute Gasteiger partial charge is 0.255 e. The van der Waals surface area contributed by atoms with Crippen molar-refractivity contribution in [2.24, 2.45) is 5.92 Å². The normalized spacial score (nSPS) is 17.5. The SMILES string of the molecule is COc1ccc([C@H]2C[C@@H]2COc2nc(N)nc(Cc3nnc(C)s3)c2F)nc1.N. The molecule has 3 aromatic heterocycles. The van der Waals surface area contributed by atoms with E-state index < -0.39 is 5.82 Å². The Balaban J connectivity index is 0.00000240. The summed E-state index contributed by atoms with van der Waals surface area (Å²) in [6.45, 7) is 2.17. The van der Waals surface area contributed by atoms with Crippen LogP contribution in [0.4, 0.5) is 10.3 Å². The van der Waals surface area contributed by atoms with Gasteiger partial charge in [0.15, 0.2) is 0 Å². The third-order valence-electron chi connectivity index (χ3n) is 4.52. The van der Waals surface area contributed by atoms with Gasteiger partial charge in [-0.05, 0) is 25.5 Å². The number of halogens is 1. The second-order valence-corrected chi connectivity index (χ2v) is 7.84. The fourth-order valence-electron chi connectivity index (χ4n) is 2.97. The van der Waals surface area contributed by atoms with Crippen molar-refractivity contribution in [1.82, 2.24) is 31.3 Å². The molecule has 5 N–H and O–H groups in total. The van der Waals surface area contributed by atoms with E-state index in [1.165, 1.54) is 11.3 Å². The predicted octanol–water partition coefficient (Wildman–Crippen LogP) is 2.70. The molecule has 1 aliphatic rings. The van der Waals surface area contributed by atoms with Gasteiger partial charge in [0.2, 0.25) is 11.8 Å². The van der Waals surface area contributed by atoms with E-state index in [-0.39, 0.29) is 41.9 Å². The van der Waals surface area contributed by atoms with Gasteiger partial charge in [0.1, 0.15) is 15.8 Å². The Morgan fingerprint density at radius 1 is 1.28 bits per heavy atom. The molecule has 2 atom stereocenters. The summed E-state index contributed by atoms with van der Waals surface area (Å²) in [6, 6.07) is 3.82. The quantitative estimate of drug-likeness (QED) is 0.590. The molecule has 0 spiro atoms. The summed E-state index contributed by atoms with van der Waals surface area (Å²) in [4.78, 5) is 12.3. The zero-order valence-corrected chi connectivity index (χ0v) is 16.9. The van der Waals surface area contributed by atoms with Crippen LogP contribution in [0.25, 0.3) is 0 Å². The fraction of sp³-hybridized carbons (Fsp3) is 0.389. The van der Waals surface area contributed by atoms with Crippen LogP contribution >= 0.6 is 11.3 Å². The van der Waals surface area contributed by atoms with E-state index in [2.05, 4.69) is 25.1 Å². The largest absolute Gasteiger partial charge is 0.495 e. The molecule has 0 bridgehead atoms. The molecule has 3 heterocycles. The van der Waals surface area contributed by atoms with Crippen molar-refractivity contribution in [1.29, 1.82) is 0 Å². The molecule has 1 saturated carbocycles. The van der Waals surface area contributed by atoms with Crippen molar-refractivity contribution in [2.75, 3.05) is 19.5 Å². The average Bonchev–Trinajstić information content (AvgIpc) is 3.36. The lowest BCUT2D eigenvalue weighted by molar-refractivity contribution is 0.269. The van der Waals surface area contributed by atoms with Gasteiger partial charge in [-0.3, -0.25) is 4.98 Å². The summed E-state index contributed by atoms with van der Waals surface area (Å²) < 4.78 is 25.5. The monoisotopic (exact) mass is 419 g/mol. The van der Waals surface area contributed by atoms with E-state index in [9.17, 15) is 4.39 Å². The number of aryl methyl sites for hydroxylation is 1. The highest BCUT2D eigenvalue weighted by atomic mass is 32.1. The maximum absolute atomic E-state index is 14.7. The summed E-state index contributed by atoms with van der Waals surface area (Å²) in [7, 11) is 1.60. The summed E-state index contributed by atoms with van der Waals surface area (Å²) in [6.07, 6.45) is 2.82. The zero-order valence-electron chi connectivity index (χ0n) is 16.1. The number of ether oxygens (including phenoxy) is 2. The Hall–Kier alpha value is -2.92. The molecular weight excluding hydrogens is 397 g/mol. The number of nitrogens with zero attached hydrogens (tertiary/aromatic N) is 5. The van der Waals surface area contributed by atoms with Gasteiger partial charge in [-0.15, -0.1) is 21.5 Å². The second kappa shape index (κ2) is 8.62. The number of pyridine rings is 1. The third kappa shape index (κ3) is 4.74. The minimum absolute atomic E-state index is 0. The van der Waals surface area contributed by atoms with E-state index in [4.69, 9.17) is 15.2 Å². The maximum Gasteiger partial charge on any atom is 0.255 e. The summed E-state index contributed by atoms with van der Waals surface area (Å²) in [5.41, 5.74) is 6.86. The maximum atomic E-state index is 14.7. The van der Waals surface area contributed by atoms with Crippen molar-refractivity contribution < 1.29 is 13.9 Å². The standard InChI is InChI=1S/C18H19FN6O2S.H3N/c1-9-24-25-15(28-9)6-14-16(19)17(23-18(20)22-14)27-8-10-5-12(10)13-4-3-11(26-2)7-21-13;/h3-4,7,10,12H,5-6,8H2,1-2H3,(H2,20,22,23);1H3/t10-,12+;/m1./s1. The lowest BCUT2D eigenvalue weighted by atomic mass is 10.2. The van der Waals surface area contributed by atoms with Crippen LogP contribution in [0.1, 0.15) is 33.7 Å². The molecule has 0 saturated heterocycles. The van der Waals surface area contributed by atoms with Gasteiger partial charge in [0.05, 0.1) is 25.6 Å². The molecule has 1 fully saturated rings. The van der Waals surface area contributed by atoms with Crippen LogP contribution in [0.2, 0.25) is 0 Å². The van der Waals surface area contributed by atoms with Gasteiger partial charge < -0.3 is 21.4 Å². The number of nitrogen functional groups attached to an aromatic ring is 1. The number of aromatic nitrogens is 5. The Labute approximate surface area is 171 Å². The van der Waals surface area contributed by atoms with Crippen LogP contribution in [0, 0.1) is 18.7 Å². The van der Waals surface area contributed by atoms with Gasteiger partial charge in [-0.1, -0.05) is 0 Å². The number of rotatable bonds is 7. The van der Waals surface area contributed by atoms with Gasteiger partial charge in [-0.2, -0.15) is 9.37 Å². The lowest BCUT2D eigenvalue weighted by Gasteiger charge is -2.09. The van der Waals surface area contributed by atoms with Crippen LogP contribution < -0.4 is 21.4 Å². The van der Waals surface area contributed by atoms with Gasteiger partial charge in [0, 0.05) is 24.0 Å². The molecular formula is C18H22FN7O2S. The first-order valence-electron chi connectivity index (χ1n) is 8.77. The van der Waals surface area contributed by atoms with E-state index in [0.29, 0.717) is 17.4 Å². The van der Waals surface area contributed by atoms with Crippen molar-refractivity contribution in [2.45, 2.75) is 25.7 Å². The molecule has 29 heavy (non-hydrogen) atoms. The number of methoxy groups -OCH3 is 1. The predicted molar refractivity (Wildman–Crippen MR) is 106 cm³/mol. The highest BCUT2D eigenvalue weighted by Crippen LogP contribution is 2.47. The summed E-state index contributed by atoms with van der Waals surface area (Å²) >= 11 is 1.38. The zero-order chi connectivity index (χ0) is 19.7. The van der Waals surface area contributed by atoms with Crippen LogP contribution in [0.15, 0.2) is 18.3 Å². The second-order valence-electron chi connectivity index (χ2n) is 6.58. The molecule has 0 amide bonds. The van der Waals surface area contributed by atoms with Crippen molar-refractivity contribution in [3.8, 4) is 11.6 Å². The van der Waals surface area contributed by atoms with Crippen LogP contribution in [0.5, 0.6) is 11.6 Å².